The van der Waals surface area contributed by atoms with Crippen LogP contribution < -0.4 is 48.6 Å². The molecule has 10 aromatic rings. The number of hydrogen-bond donors (Lipinski definition) is 0. The molecule has 0 N–H and O–H groups in total. The smallest absolute Gasteiger partial charge is 0.141 e. The largest absolute Gasteiger partial charge is 0.456 e. The zero-order valence-electron chi connectivity index (χ0n) is 35.8. The van der Waals surface area contributed by atoms with Crippen LogP contribution in [0.25, 0.3) is 76.9 Å². The molecule has 276 valence electrons. The third-order valence-corrected chi connectivity index (χ3v) is 13.6. The summed E-state index contributed by atoms with van der Waals surface area (Å²) in [6.45, 7) is 0. The van der Waals surface area contributed by atoms with Gasteiger partial charge >= 0.3 is 0 Å². The number of rotatable bonds is 6. The minimum Gasteiger partial charge on any atom is -0.456 e. The molecule has 2 nitrogen and oxygen atoms in total. The summed E-state index contributed by atoms with van der Waals surface area (Å²) >= 11 is 0. The van der Waals surface area contributed by atoms with Crippen molar-refractivity contribution in [2.45, 2.75) is 0 Å². The molecule has 1 aromatic heterocycles. The molecule has 0 saturated heterocycles. The monoisotopic (exact) mass is 759 g/mol. The van der Waals surface area contributed by atoms with Gasteiger partial charge in [-0.05, 0) is 85.3 Å². The van der Waals surface area contributed by atoms with Crippen molar-refractivity contribution in [2.24, 2.45) is 0 Å². The van der Waals surface area contributed by atoms with E-state index in [0.29, 0.717) is 0 Å². The summed E-state index contributed by atoms with van der Waals surface area (Å²) in [5.41, 5.74) is 23.3. The van der Waals surface area contributed by atoms with E-state index in [1.807, 2.05) is 12.1 Å². The van der Waals surface area contributed by atoms with Gasteiger partial charge in [0, 0.05) is 27.8 Å². The second-order valence-electron chi connectivity index (χ2n) is 16.7. The van der Waals surface area contributed by atoms with Crippen molar-refractivity contribution >= 4 is 167 Å². The van der Waals surface area contributed by atoms with Crippen molar-refractivity contribution < 1.29 is 4.42 Å². The molecular formula is C50H41B8NO. The van der Waals surface area contributed by atoms with Crippen LogP contribution in [0.15, 0.2) is 156 Å². The summed E-state index contributed by atoms with van der Waals surface area (Å²) in [7, 11) is 18.6. The highest BCUT2D eigenvalue weighted by Crippen LogP contribution is 2.37. The lowest BCUT2D eigenvalue weighted by molar-refractivity contribution is 0.669. The van der Waals surface area contributed by atoms with E-state index >= 15 is 0 Å². The molecule has 0 spiro atoms. The van der Waals surface area contributed by atoms with Gasteiger partial charge < -0.3 is 9.32 Å². The quantitative estimate of drug-likeness (QED) is 0.229. The fourth-order valence-corrected chi connectivity index (χ4v) is 10.1. The summed E-state index contributed by atoms with van der Waals surface area (Å²) in [4.78, 5) is 2.59. The summed E-state index contributed by atoms with van der Waals surface area (Å²) < 4.78 is 6.24. The van der Waals surface area contributed by atoms with Crippen LogP contribution in [0, 0.1) is 0 Å². The van der Waals surface area contributed by atoms with Gasteiger partial charge in [-0.15, -0.1) is 0 Å². The summed E-state index contributed by atoms with van der Waals surface area (Å²) in [6, 6.07) is 55.0. The highest BCUT2D eigenvalue weighted by atomic mass is 16.3. The van der Waals surface area contributed by atoms with Crippen molar-refractivity contribution in [1.29, 1.82) is 0 Å². The van der Waals surface area contributed by atoms with E-state index in [9.17, 15) is 0 Å². The number of nitrogens with zero attached hydrogens (tertiary/aromatic N) is 1. The van der Waals surface area contributed by atoms with Gasteiger partial charge in [0.2, 0.25) is 0 Å². The summed E-state index contributed by atoms with van der Waals surface area (Å²) in [5.74, 6) is 0. The first kappa shape index (κ1) is 37.9. The third-order valence-electron chi connectivity index (χ3n) is 13.6. The summed E-state index contributed by atoms with van der Waals surface area (Å²) in [5, 5.41) is 7.36. The lowest BCUT2D eigenvalue weighted by atomic mass is 9.62. The maximum absolute atomic E-state index is 6.24. The van der Waals surface area contributed by atoms with Crippen molar-refractivity contribution in [3.63, 3.8) is 0 Å². The standard InChI is InChI=1S/C50H41B8NO/c51-41-39(34-19-8-12-26-10-1-3-16-31(26)34)42(52)46(56)49(45(41)55)59(30-15-7-14-28(24-30)29-22-23-38-36(25-29)33-18-5-6-21-37(33)60-38)50-47(57)43(53)40(44(54)48(50)58)35-20-9-13-27-11-2-4-17-32(27)35/h1-25H,51-58H2. The molecule has 9 aromatic carbocycles. The second kappa shape index (κ2) is 14.7. The minimum absolute atomic E-state index is 0.907. The van der Waals surface area contributed by atoms with Gasteiger partial charge in [-0.3, -0.25) is 0 Å². The van der Waals surface area contributed by atoms with Crippen LogP contribution in [-0.2, 0) is 0 Å². The van der Waals surface area contributed by atoms with E-state index in [-0.39, 0.29) is 0 Å². The number of benzene rings is 9. The lowest BCUT2D eigenvalue weighted by Gasteiger charge is -2.37. The number of anilines is 3. The fourth-order valence-electron chi connectivity index (χ4n) is 10.1. The molecule has 10 rings (SSSR count). The Hall–Kier alpha value is -6.38. The van der Waals surface area contributed by atoms with Crippen LogP contribution in [0.1, 0.15) is 0 Å². The van der Waals surface area contributed by atoms with Crippen molar-refractivity contribution in [1.82, 2.24) is 0 Å². The molecule has 0 saturated carbocycles. The van der Waals surface area contributed by atoms with Crippen LogP contribution in [0.4, 0.5) is 17.1 Å². The molecule has 0 bridgehead atoms. The Morgan fingerprint density at radius 3 is 1.32 bits per heavy atom. The summed E-state index contributed by atoms with van der Waals surface area (Å²) in [6.07, 6.45) is 0. The van der Waals surface area contributed by atoms with Crippen LogP contribution in [0.3, 0.4) is 0 Å². The Labute approximate surface area is 359 Å². The van der Waals surface area contributed by atoms with E-state index in [4.69, 9.17) is 4.42 Å². The van der Waals surface area contributed by atoms with Gasteiger partial charge in [0.25, 0.3) is 0 Å². The molecule has 0 fully saturated rings. The SMILES string of the molecule is Bc1c(B)c(N(c2cccc(-c3ccc4oc5ccccc5c4c3)c2)c2c(B)c(B)c(-c3cccc4ccccc34)c(B)c2B)c(B)c(B)c1-c1cccc2ccccc12. The molecule has 0 atom stereocenters. The van der Waals surface area contributed by atoms with Crippen molar-refractivity contribution in [3.05, 3.63) is 152 Å². The van der Waals surface area contributed by atoms with E-state index in [2.05, 4.69) is 207 Å². The van der Waals surface area contributed by atoms with Crippen molar-refractivity contribution in [2.75, 3.05) is 4.90 Å². The van der Waals surface area contributed by atoms with E-state index in [0.717, 1.165) is 38.8 Å². The Morgan fingerprint density at radius 1 is 0.333 bits per heavy atom. The van der Waals surface area contributed by atoms with Gasteiger partial charge in [0.15, 0.2) is 0 Å². The number of hydrogen-bond acceptors (Lipinski definition) is 2. The third kappa shape index (κ3) is 5.91. The van der Waals surface area contributed by atoms with E-state index in [1.165, 1.54) is 98.9 Å². The van der Waals surface area contributed by atoms with Gasteiger partial charge in [-0.2, -0.15) is 0 Å². The predicted molar refractivity (Wildman–Crippen MR) is 285 cm³/mol. The molecule has 0 aliphatic carbocycles. The topological polar surface area (TPSA) is 16.4 Å². The van der Waals surface area contributed by atoms with Crippen molar-refractivity contribution in [3.8, 4) is 33.4 Å². The molecule has 10 heteroatoms. The van der Waals surface area contributed by atoms with Gasteiger partial charge in [-0.1, -0.05) is 165 Å². The van der Waals surface area contributed by atoms with Crippen LogP contribution in [0.2, 0.25) is 0 Å². The molecular weight excluding hydrogens is 717 g/mol. The molecule has 0 aliphatic heterocycles. The maximum Gasteiger partial charge on any atom is 0.141 e. The fraction of sp³-hybridized carbons (Fsp3) is 0. The number of fused-ring (bicyclic) bond motifs is 5. The molecule has 0 amide bonds. The Kier molecular flexibility index (Phi) is 9.28. The number of furan rings is 1. The Morgan fingerprint density at radius 2 is 0.767 bits per heavy atom. The number of para-hydroxylation sites is 1. The minimum atomic E-state index is 0.907. The lowest BCUT2D eigenvalue weighted by Crippen LogP contribution is -2.50. The molecule has 0 radical (unpaired) electrons. The maximum atomic E-state index is 6.24. The van der Waals surface area contributed by atoms with Crippen LogP contribution in [0.5, 0.6) is 0 Å². The van der Waals surface area contributed by atoms with Gasteiger partial charge in [0.1, 0.15) is 73.9 Å². The molecule has 0 unspecified atom stereocenters. The van der Waals surface area contributed by atoms with E-state index < -0.39 is 0 Å². The highest BCUT2D eigenvalue weighted by Gasteiger charge is 2.27. The Balaban J connectivity index is 1.23. The first-order chi connectivity index (χ1) is 29.1. The normalized spacial score (nSPS) is 11.5. The van der Waals surface area contributed by atoms with Crippen LogP contribution in [-0.4, -0.2) is 62.8 Å². The molecule has 1 heterocycles. The first-order valence-electron chi connectivity index (χ1n) is 21.1. The Bertz CT molecular complexity index is 3180. The molecule has 0 aliphatic rings. The molecule has 60 heavy (non-hydrogen) atoms. The zero-order valence-corrected chi connectivity index (χ0v) is 35.8. The highest BCUT2D eigenvalue weighted by molar-refractivity contribution is 6.65. The zero-order chi connectivity index (χ0) is 41.4. The van der Waals surface area contributed by atoms with E-state index in [1.54, 1.807) is 0 Å². The van der Waals surface area contributed by atoms with Gasteiger partial charge in [-0.25, -0.2) is 0 Å². The average Bonchev–Trinajstić information content (AvgIpc) is 3.65. The predicted octanol–water partition coefficient (Wildman–Crippen LogP) is 0.430. The van der Waals surface area contributed by atoms with Gasteiger partial charge in [0.05, 0.1) is 0 Å². The first-order valence-corrected chi connectivity index (χ1v) is 21.1. The van der Waals surface area contributed by atoms with Crippen LogP contribution >= 0.6 is 0 Å². The second-order valence-corrected chi connectivity index (χ2v) is 16.7. The average molecular weight is 758 g/mol.